The summed E-state index contributed by atoms with van der Waals surface area (Å²) in [5.41, 5.74) is 0.695. The fourth-order valence-electron chi connectivity index (χ4n) is 2.95. The molecule has 0 saturated heterocycles. The molecule has 0 amide bonds. The van der Waals surface area contributed by atoms with Gasteiger partial charge in [-0.1, -0.05) is 32.4 Å². The van der Waals surface area contributed by atoms with Crippen LogP contribution in [-0.4, -0.2) is 41.8 Å². The van der Waals surface area contributed by atoms with Crippen molar-refractivity contribution in [2.24, 2.45) is 0 Å². The molecule has 0 aliphatic rings. The highest BCUT2D eigenvalue weighted by atomic mass is 35.5. The average Bonchev–Trinajstić information content (AvgIpc) is 2.48. The normalized spacial score (nSPS) is 15.8. The molecule has 2 unspecified atom stereocenters. The van der Waals surface area contributed by atoms with Crippen LogP contribution in [0, 0.1) is 0 Å². The maximum absolute atomic E-state index is 10.8. The summed E-state index contributed by atoms with van der Waals surface area (Å²) in [6.45, 7) is 10.3. The van der Waals surface area contributed by atoms with Crippen molar-refractivity contribution in [3.8, 4) is 5.75 Å². The molecule has 0 aromatic heterocycles. The number of hydrogen-bond donors (Lipinski definition) is 1. The van der Waals surface area contributed by atoms with Gasteiger partial charge in [0.05, 0.1) is 13.2 Å². The quantitative estimate of drug-likeness (QED) is 0.793. The summed E-state index contributed by atoms with van der Waals surface area (Å²) in [5.74, 6) is 0.774. The van der Waals surface area contributed by atoms with Gasteiger partial charge < -0.3 is 9.84 Å². The van der Waals surface area contributed by atoms with E-state index in [2.05, 4.69) is 32.6 Å². The lowest BCUT2D eigenvalue weighted by Crippen LogP contribution is -2.54. The number of nitrogens with zero attached hydrogens (tertiary/aromatic N) is 1. The molecule has 3 nitrogen and oxygen atoms in total. The highest BCUT2D eigenvalue weighted by Crippen LogP contribution is 2.30. The molecule has 1 rings (SSSR count). The van der Waals surface area contributed by atoms with Crippen molar-refractivity contribution in [3.63, 3.8) is 0 Å². The zero-order chi connectivity index (χ0) is 16.0. The minimum atomic E-state index is -0.477. The van der Waals surface area contributed by atoms with Crippen LogP contribution in [0.15, 0.2) is 18.2 Å². The molecule has 1 N–H and O–H groups in total. The van der Waals surface area contributed by atoms with Crippen LogP contribution in [0.1, 0.15) is 39.7 Å². The maximum atomic E-state index is 10.8. The van der Waals surface area contributed by atoms with E-state index in [1.165, 1.54) is 0 Å². The Bertz CT molecular complexity index is 448. The van der Waals surface area contributed by atoms with Gasteiger partial charge in [-0.3, -0.25) is 4.90 Å². The summed E-state index contributed by atoms with van der Waals surface area (Å²) in [4.78, 5) is 2.31. The third-order valence-electron chi connectivity index (χ3n) is 4.58. The highest BCUT2D eigenvalue weighted by Gasteiger charge is 2.36. The van der Waals surface area contributed by atoms with E-state index in [0.29, 0.717) is 11.4 Å². The molecule has 1 aromatic rings. The SMILES string of the molecule is CCN(CC)C(C)(CC)C(O)Cc1cc(Cl)ccc1OC. The first-order valence-electron chi connectivity index (χ1n) is 7.68. The first-order valence-corrected chi connectivity index (χ1v) is 8.06. The predicted molar refractivity (Wildman–Crippen MR) is 89.3 cm³/mol. The van der Waals surface area contributed by atoms with Crippen molar-refractivity contribution in [1.82, 2.24) is 4.90 Å². The van der Waals surface area contributed by atoms with Crippen molar-refractivity contribution in [3.05, 3.63) is 28.8 Å². The molecule has 4 heteroatoms. The number of methoxy groups -OCH3 is 1. The van der Waals surface area contributed by atoms with E-state index >= 15 is 0 Å². The Hall–Kier alpha value is -0.770. The molecular formula is C17H28ClNO2. The number of rotatable bonds is 8. The van der Waals surface area contributed by atoms with Crippen LogP contribution >= 0.6 is 11.6 Å². The van der Waals surface area contributed by atoms with Gasteiger partial charge in [0.15, 0.2) is 0 Å². The molecule has 0 bridgehead atoms. The minimum Gasteiger partial charge on any atom is -0.496 e. The van der Waals surface area contributed by atoms with Crippen molar-refractivity contribution < 1.29 is 9.84 Å². The van der Waals surface area contributed by atoms with Gasteiger partial charge in [0, 0.05) is 17.0 Å². The fraction of sp³-hybridized carbons (Fsp3) is 0.647. The Kier molecular flexibility index (Phi) is 6.98. The first-order chi connectivity index (χ1) is 9.92. The lowest BCUT2D eigenvalue weighted by molar-refractivity contribution is -0.0192. The van der Waals surface area contributed by atoms with Gasteiger partial charge in [0.1, 0.15) is 5.75 Å². The Morgan fingerprint density at radius 1 is 1.29 bits per heavy atom. The van der Waals surface area contributed by atoms with Gasteiger partial charge in [-0.2, -0.15) is 0 Å². The predicted octanol–water partition coefficient (Wildman–Crippen LogP) is 3.76. The molecule has 120 valence electrons. The van der Waals surface area contributed by atoms with Crippen LogP contribution in [-0.2, 0) is 6.42 Å². The summed E-state index contributed by atoms with van der Waals surface area (Å²) < 4.78 is 5.38. The maximum Gasteiger partial charge on any atom is 0.122 e. The summed E-state index contributed by atoms with van der Waals surface area (Å²) in [5, 5.41) is 11.5. The van der Waals surface area contributed by atoms with E-state index in [9.17, 15) is 5.11 Å². The molecule has 0 fully saturated rings. The van der Waals surface area contributed by atoms with E-state index in [1.807, 2.05) is 12.1 Å². The average molecular weight is 314 g/mol. The fourth-order valence-corrected chi connectivity index (χ4v) is 3.15. The summed E-state index contributed by atoms with van der Waals surface area (Å²) in [6, 6.07) is 5.53. The van der Waals surface area contributed by atoms with Crippen molar-refractivity contribution >= 4 is 11.6 Å². The van der Waals surface area contributed by atoms with E-state index in [4.69, 9.17) is 16.3 Å². The molecule has 21 heavy (non-hydrogen) atoms. The van der Waals surface area contributed by atoms with Crippen molar-refractivity contribution in [1.29, 1.82) is 0 Å². The second kappa shape index (κ2) is 8.02. The summed E-state index contributed by atoms with van der Waals surface area (Å²) in [7, 11) is 1.64. The zero-order valence-corrected chi connectivity index (χ0v) is 14.6. The van der Waals surface area contributed by atoms with Gasteiger partial charge >= 0.3 is 0 Å². The number of ether oxygens (including phenoxy) is 1. The third kappa shape index (κ3) is 4.12. The van der Waals surface area contributed by atoms with Gasteiger partial charge in [-0.15, -0.1) is 0 Å². The zero-order valence-electron chi connectivity index (χ0n) is 13.8. The molecule has 0 aliphatic carbocycles. The van der Waals surface area contributed by atoms with Crippen LogP contribution in [0.5, 0.6) is 5.75 Å². The van der Waals surface area contributed by atoms with Crippen LogP contribution < -0.4 is 4.74 Å². The largest absolute Gasteiger partial charge is 0.496 e. The smallest absolute Gasteiger partial charge is 0.122 e. The highest BCUT2D eigenvalue weighted by molar-refractivity contribution is 6.30. The number of aliphatic hydroxyl groups excluding tert-OH is 1. The molecule has 0 saturated carbocycles. The molecule has 1 aromatic carbocycles. The van der Waals surface area contributed by atoms with Gasteiger partial charge in [-0.25, -0.2) is 0 Å². The van der Waals surface area contributed by atoms with Crippen LogP contribution in [0.3, 0.4) is 0 Å². The molecule has 0 heterocycles. The molecule has 2 atom stereocenters. The molecular weight excluding hydrogens is 286 g/mol. The number of aliphatic hydroxyl groups is 1. The van der Waals surface area contributed by atoms with Crippen molar-refractivity contribution in [2.45, 2.75) is 52.2 Å². The minimum absolute atomic E-state index is 0.253. The lowest BCUT2D eigenvalue weighted by atomic mass is 9.85. The van der Waals surface area contributed by atoms with Gasteiger partial charge in [-0.05, 0) is 50.2 Å². The number of likely N-dealkylation sites (N-methyl/N-ethyl adjacent to an activating group) is 1. The first kappa shape index (κ1) is 18.3. The Labute approximate surface area is 133 Å². The molecule has 0 spiro atoms. The summed E-state index contributed by atoms with van der Waals surface area (Å²) >= 11 is 6.07. The summed E-state index contributed by atoms with van der Waals surface area (Å²) in [6.07, 6.45) is 0.943. The van der Waals surface area contributed by atoms with E-state index < -0.39 is 6.10 Å². The van der Waals surface area contributed by atoms with Crippen molar-refractivity contribution in [2.75, 3.05) is 20.2 Å². The molecule has 0 radical (unpaired) electrons. The monoisotopic (exact) mass is 313 g/mol. The van der Waals surface area contributed by atoms with Crippen LogP contribution in [0.2, 0.25) is 5.02 Å². The lowest BCUT2D eigenvalue weighted by Gasteiger charge is -2.43. The number of halogens is 1. The Morgan fingerprint density at radius 3 is 2.38 bits per heavy atom. The number of hydrogen-bond acceptors (Lipinski definition) is 3. The van der Waals surface area contributed by atoms with E-state index in [-0.39, 0.29) is 5.54 Å². The van der Waals surface area contributed by atoms with Gasteiger partial charge in [0.2, 0.25) is 0 Å². The standard InChI is InChI=1S/C17H28ClNO2/c1-6-17(4,19(7-2)8-3)16(20)12-13-11-14(18)9-10-15(13)21-5/h9-11,16,20H,6-8,12H2,1-5H3. The topological polar surface area (TPSA) is 32.7 Å². The van der Waals surface area contributed by atoms with Crippen LogP contribution in [0.4, 0.5) is 0 Å². The number of benzene rings is 1. The third-order valence-corrected chi connectivity index (χ3v) is 4.81. The molecule has 0 aliphatic heterocycles. The Morgan fingerprint density at radius 2 is 1.90 bits per heavy atom. The van der Waals surface area contributed by atoms with E-state index in [1.54, 1.807) is 13.2 Å². The van der Waals surface area contributed by atoms with Crippen LogP contribution in [0.25, 0.3) is 0 Å². The second-order valence-electron chi connectivity index (χ2n) is 5.56. The van der Waals surface area contributed by atoms with Gasteiger partial charge in [0.25, 0.3) is 0 Å². The Balaban J connectivity index is 3.02. The van der Waals surface area contributed by atoms with E-state index in [0.717, 1.165) is 30.8 Å². The second-order valence-corrected chi connectivity index (χ2v) is 6.00.